The molecule has 1 heterocycles. The van der Waals surface area contributed by atoms with Crippen LogP contribution in [-0.2, 0) is 0 Å². The summed E-state index contributed by atoms with van der Waals surface area (Å²) < 4.78 is 5.07. The van der Waals surface area contributed by atoms with E-state index in [0.29, 0.717) is 5.03 Å². The number of nitrogen functional groups attached to an aromatic ring is 1. The first-order chi connectivity index (χ1) is 9.62. The molecule has 0 saturated carbocycles. The van der Waals surface area contributed by atoms with E-state index >= 15 is 0 Å². The van der Waals surface area contributed by atoms with E-state index in [4.69, 9.17) is 10.6 Å². The highest BCUT2D eigenvalue weighted by molar-refractivity contribution is 7.99. The molecule has 0 aliphatic carbocycles. The van der Waals surface area contributed by atoms with E-state index in [0.717, 1.165) is 10.6 Å². The fourth-order valence-electron chi connectivity index (χ4n) is 1.49. The molecule has 2 aromatic rings. The summed E-state index contributed by atoms with van der Waals surface area (Å²) in [5.74, 6) is 6.25. The highest BCUT2D eigenvalue weighted by Crippen LogP contribution is 2.31. The van der Waals surface area contributed by atoms with Crippen LogP contribution in [0.1, 0.15) is 0 Å². The third-order valence-electron chi connectivity index (χ3n) is 2.43. The van der Waals surface area contributed by atoms with Crippen molar-refractivity contribution in [3.63, 3.8) is 0 Å². The molecule has 104 valence electrons. The second-order valence-corrected chi connectivity index (χ2v) is 4.82. The standard InChI is InChI=1S/C12H12N4O3S/c1-19-9-2-4-10(5-3-9)20-12-7-8(16(17)18)6-11(14-12)15-13/h2-7H,13H2,1H3,(H,14,15). The fraction of sp³-hybridized carbons (Fsp3) is 0.0833. The number of nitrogens with two attached hydrogens (primary N) is 1. The van der Waals surface area contributed by atoms with Crippen molar-refractivity contribution in [1.29, 1.82) is 0 Å². The van der Waals surface area contributed by atoms with Crippen LogP contribution in [0.15, 0.2) is 46.3 Å². The van der Waals surface area contributed by atoms with Crippen LogP contribution in [0.5, 0.6) is 5.75 Å². The molecule has 0 amide bonds. The van der Waals surface area contributed by atoms with Gasteiger partial charge in [-0.2, -0.15) is 0 Å². The van der Waals surface area contributed by atoms with Gasteiger partial charge in [0.05, 0.1) is 18.1 Å². The minimum atomic E-state index is -0.486. The quantitative estimate of drug-likeness (QED) is 0.495. The predicted octanol–water partition coefficient (Wildman–Crippen LogP) is 2.44. The van der Waals surface area contributed by atoms with E-state index in [2.05, 4.69) is 10.4 Å². The Morgan fingerprint density at radius 3 is 2.60 bits per heavy atom. The van der Waals surface area contributed by atoms with Gasteiger partial charge in [0.25, 0.3) is 5.69 Å². The highest BCUT2D eigenvalue weighted by Gasteiger charge is 2.11. The Morgan fingerprint density at radius 1 is 1.35 bits per heavy atom. The third-order valence-corrected chi connectivity index (χ3v) is 3.35. The molecule has 1 aromatic heterocycles. The number of hydrogen-bond acceptors (Lipinski definition) is 7. The van der Waals surface area contributed by atoms with Crippen LogP contribution in [-0.4, -0.2) is 17.0 Å². The van der Waals surface area contributed by atoms with Crippen molar-refractivity contribution in [2.75, 3.05) is 12.5 Å². The van der Waals surface area contributed by atoms with Gasteiger partial charge in [0.15, 0.2) is 0 Å². The van der Waals surface area contributed by atoms with Gasteiger partial charge in [-0.3, -0.25) is 10.1 Å². The van der Waals surface area contributed by atoms with E-state index in [1.54, 1.807) is 7.11 Å². The molecule has 0 aliphatic rings. The third kappa shape index (κ3) is 3.37. The minimum absolute atomic E-state index is 0.0658. The van der Waals surface area contributed by atoms with Crippen molar-refractivity contribution in [3.8, 4) is 5.75 Å². The molecule has 0 unspecified atom stereocenters. The first-order valence-electron chi connectivity index (χ1n) is 5.57. The number of hydrazine groups is 1. The number of nitrogens with one attached hydrogen (secondary N) is 1. The summed E-state index contributed by atoms with van der Waals surface area (Å²) in [7, 11) is 1.59. The summed E-state index contributed by atoms with van der Waals surface area (Å²) in [6.07, 6.45) is 0. The van der Waals surface area contributed by atoms with Crippen molar-refractivity contribution in [2.24, 2.45) is 5.84 Å². The summed E-state index contributed by atoms with van der Waals surface area (Å²) in [4.78, 5) is 15.4. The van der Waals surface area contributed by atoms with Crippen LogP contribution in [0.2, 0.25) is 0 Å². The number of rotatable bonds is 5. The number of nitro groups is 1. The van der Waals surface area contributed by atoms with Gasteiger partial charge in [-0.25, -0.2) is 10.8 Å². The van der Waals surface area contributed by atoms with Crippen molar-refractivity contribution in [2.45, 2.75) is 9.92 Å². The number of aromatic nitrogens is 1. The normalized spacial score (nSPS) is 10.1. The molecule has 0 spiro atoms. The zero-order valence-electron chi connectivity index (χ0n) is 10.6. The number of anilines is 1. The summed E-state index contributed by atoms with van der Waals surface area (Å²) in [5, 5.41) is 11.3. The average molecular weight is 292 g/mol. The minimum Gasteiger partial charge on any atom is -0.497 e. The average Bonchev–Trinajstić information content (AvgIpc) is 2.47. The van der Waals surface area contributed by atoms with E-state index in [-0.39, 0.29) is 11.5 Å². The number of nitrogens with zero attached hydrogens (tertiary/aromatic N) is 2. The second kappa shape index (κ2) is 6.22. The Kier molecular flexibility index (Phi) is 4.38. The predicted molar refractivity (Wildman–Crippen MR) is 75.8 cm³/mol. The Balaban J connectivity index is 2.27. The first kappa shape index (κ1) is 14.1. The lowest BCUT2D eigenvalue weighted by atomic mass is 10.3. The molecule has 2 rings (SSSR count). The Morgan fingerprint density at radius 2 is 2.05 bits per heavy atom. The Labute approximate surface area is 119 Å². The molecule has 0 bridgehead atoms. The van der Waals surface area contributed by atoms with Crippen LogP contribution >= 0.6 is 11.8 Å². The second-order valence-electron chi connectivity index (χ2n) is 3.73. The van der Waals surface area contributed by atoms with Crippen LogP contribution < -0.4 is 16.0 Å². The molecule has 8 heteroatoms. The maximum Gasteiger partial charge on any atom is 0.275 e. The van der Waals surface area contributed by atoms with Gasteiger partial charge < -0.3 is 10.2 Å². The lowest BCUT2D eigenvalue weighted by Crippen LogP contribution is -2.09. The molecular formula is C12H12N4O3S. The maximum absolute atomic E-state index is 10.8. The Bertz CT molecular complexity index is 619. The first-order valence-corrected chi connectivity index (χ1v) is 6.39. The van der Waals surface area contributed by atoms with Crippen LogP contribution in [0.25, 0.3) is 0 Å². The van der Waals surface area contributed by atoms with Gasteiger partial charge in [0, 0.05) is 11.0 Å². The van der Waals surface area contributed by atoms with Crippen molar-refractivity contribution >= 4 is 23.3 Å². The molecule has 7 nitrogen and oxygen atoms in total. The highest BCUT2D eigenvalue weighted by atomic mass is 32.2. The van der Waals surface area contributed by atoms with Crippen molar-refractivity contribution < 1.29 is 9.66 Å². The zero-order chi connectivity index (χ0) is 14.5. The molecule has 0 saturated heterocycles. The van der Waals surface area contributed by atoms with E-state index < -0.39 is 4.92 Å². The van der Waals surface area contributed by atoms with Crippen LogP contribution in [0.3, 0.4) is 0 Å². The lowest BCUT2D eigenvalue weighted by Gasteiger charge is -2.05. The molecular weight excluding hydrogens is 280 g/mol. The molecule has 20 heavy (non-hydrogen) atoms. The monoisotopic (exact) mass is 292 g/mol. The van der Waals surface area contributed by atoms with Gasteiger partial charge in [0.2, 0.25) is 0 Å². The molecule has 3 N–H and O–H groups in total. The zero-order valence-corrected chi connectivity index (χ0v) is 11.4. The largest absolute Gasteiger partial charge is 0.497 e. The number of hydrogen-bond donors (Lipinski definition) is 2. The lowest BCUT2D eigenvalue weighted by molar-refractivity contribution is -0.385. The Hall–Kier alpha value is -2.32. The van der Waals surface area contributed by atoms with Crippen molar-refractivity contribution in [1.82, 2.24) is 4.98 Å². The molecule has 1 aromatic carbocycles. The van der Waals surface area contributed by atoms with E-state index in [1.165, 1.54) is 23.9 Å². The topological polar surface area (TPSA) is 103 Å². The molecule has 0 aliphatic heterocycles. The maximum atomic E-state index is 10.8. The molecule has 0 radical (unpaired) electrons. The molecule has 0 fully saturated rings. The summed E-state index contributed by atoms with van der Waals surface area (Å²) in [6.45, 7) is 0. The summed E-state index contributed by atoms with van der Waals surface area (Å²) >= 11 is 1.30. The summed E-state index contributed by atoms with van der Waals surface area (Å²) in [5.41, 5.74) is 2.25. The van der Waals surface area contributed by atoms with E-state index in [1.807, 2.05) is 24.3 Å². The number of benzene rings is 1. The fourth-order valence-corrected chi connectivity index (χ4v) is 2.32. The van der Waals surface area contributed by atoms with Crippen LogP contribution in [0.4, 0.5) is 11.5 Å². The van der Waals surface area contributed by atoms with Gasteiger partial charge in [0.1, 0.15) is 16.6 Å². The summed E-state index contributed by atoms with van der Waals surface area (Å²) in [6, 6.07) is 9.98. The van der Waals surface area contributed by atoms with Crippen molar-refractivity contribution in [3.05, 3.63) is 46.5 Å². The van der Waals surface area contributed by atoms with Gasteiger partial charge in [-0.05, 0) is 24.3 Å². The van der Waals surface area contributed by atoms with Gasteiger partial charge >= 0.3 is 0 Å². The van der Waals surface area contributed by atoms with E-state index in [9.17, 15) is 10.1 Å². The van der Waals surface area contributed by atoms with Gasteiger partial charge in [-0.15, -0.1) is 0 Å². The number of ether oxygens (including phenoxy) is 1. The van der Waals surface area contributed by atoms with Crippen LogP contribution in [0, 0.1) is 10.1 Å². The van der Waals surface area contributed by atoms with Gasteiger partial charge in [-0.1, -0.05) is 11.8 Å². The number of methoxy groups -OCH3 is 1. The number of pyridine rings is 1. The molecule has 0 atom stereocenters. The SMILES string of the molecule is COc1ccc(Sc2cc([N+](=O)[O-])cc(NN)n2)cc1. The smallest absolute Gasteiger partial charge is 0.275 e.